The molecule has 150 valence electrons. The molecule has 2 aromatic rings. The van der Waals surface area contributed by atoms with Crippen LogP contribution in [0.25, 0.3) is 0 Å². The highest BCUT2D eigenvalue weighted by atomic mass is 16.5. The molecule has 5 heteroatoms. The van der Waals surface area contributed by atoms with E-state index in [9.17, 15) is 4.79 Å². The van der Waals surface area contributed by atoms with Gasteiger partial charge in [0.1, 0.15) is 5.75 Å². The number of anilines is 1. The molecule has 5 nitrogen and oxygen atoms in total. The third-order valence-electron chi connectivity index (χ3n) is 5.46. The Labute approximate surface area is 168 Å². The minimum atomic E-state index is 0.0213. The Bertz CT molecular complexity index is 796. The molecule has 0 aromatic heterocycles. The number of ether oxygens (including phenoxy) is 1. The molecule has 0 saturated carbocycles. The standard InChI is InChI=1S/C23H31N3O2/c1-17-5-6-18(2)22(15-17)19(3)24-23(27)16-25-11-13-26(14-12-25)20-7-9-21(28-4)10-8-20/h5-10,15,19H,11-14,16H2,1-4H3,(H,24,27)/t19-/m0/s1. The highest BCUT2D eigenvalue weighted by molar-refractivity contribution is 5.78. The molecule has 1 N–H and O–H groups in total. The van der Waals surface area contributed by atoms with Gasteiger partial charge in [-0.05, 0) is 56.2 Å². The van der Waals surface area contributed by atoms with Crippen LogP contribution in [0.4, 0.5) is 5.69 Å². The molecular weight excluding hydrogens is 350 g/mol. The summed E-state index contributed by atoms with van der Waals surface area (Å²) in [5, 5.41) is 3.16. The number of hydrogen-bond acceptors (Lipinski definition) is 4. The zero-order valence-corrected chi connectivity index (χ0v) is 17.4. The number of piperazine rings is 1. The smallest absolute Gasteiger partial charge is 0.234 e. The van der Waals surface area contributed by atoms with Crippen molar-refractivity contribution >= 4 is 11.6 Å². The quantitative estimate of drug-likeness (QED) is 0.834. The Morgan fingerprint density at radius 3 is 2.39 bits per heavy atom. The summed E-state index contributed by atoms with van der Waals surface area (Å²) < 4.78 is 5.22. The Morgan fingerprint density at radius 1 is 1.07 bits per heavy atom. The normalized spacial score (nSPS) is 15.9. The SMILES string of the molecule is COc1ccc(N2CCN(CC(=O)N[C@@H](C)c3cc(C)ccc3C)CC2)cc1. The number of aryl methyl sites for hydroxylation is 2. The van der Waals surface area contributed by atoms with Gasteiger partial charge < -0.3 is 15.0 Å². The first-order valence-electron chi connectivity index (χ1n) is 9.94. The average molecular weight is 382 g/mol. The Hall–Kier alpha value is -2.53. The number of rotatable bonds is 6. The van der Waals surface area contributed by atoms with Crippen LogP contribution in [0.2, 0.25) is 0 Å². The van der Waals surface area contributed by atoms with E-state index in [-0.39, 0.29) is 11.9 Å². The van der Waals surface area contributed by atoms with Crippen LogP contribution in [0.15, 0.2) is 42.5 Å². The van der Waals surface area contributed by atoms with E-state index in [2.05, 4.69) is 66.2 Å². The molecule has 1 aliphatic heterocycles. The van der Waals surface area contributed by atoms with Gasteiger partial charge in [-0.15, -0.1) is 0 Å². The van der Waals surface area contributed by atoms with Gasteiger partial charge in [-0.25, -0.2) is 0 Å². The van der Waals surface area contributed by atoms with Crippen LogP contribution in [-0.2, 0) is 4.79 Å². The first kappa shape index (κ1) is 20.2. The summed E-state index contributed by atoms with van der Waals surface area (Å²) >= 11 is 0. The Morgan fingerprint density at radius 2 is 1.75 bits per heavy atom. The van der Waals surface area contributed by atoms with Gasteiger partial charge in [0.2, 0.25) is 5.91 Å². The van der Waals surface area contributed by atoms with Crippen molar-refractivity contribution in [3.8, 4) is 5.75 Å². The van der Waals surface area contributed by atoms with Crippen LogP contribution in [0.1, 0.15) is 29.7 Å². The van der Waals surface area contributed by atoms with E-state index in [1.807, 2.05) is 12.1 Å². The van der Waals surface area contributed by atoms with Gasteiger partial charge in [0.05, 0.1) is 19.7 Å². The largest absolute Gasteiger partial charge is 0.497 e. The molecule has 1 saturated heterocycles. The van der Waals surface area contributed by atoms with Gasteiger partial charge in [-0.3, -0.25) is 9.69 Å². The fourth-order valence-corrected chi connectivity index (χ4v) is 3.75. The summed E-state index contributed by atoms with van der Waals surface area (Å²) in [6.45, 7) is 10.3. The molecule has 0 spiro atoms. The van der Waals surface area contributed by atoms with Crippen molar-refractivity contribution in [2.24, 2.45) is 0 Å². The van der Waals surface area contributed by atoms with Crippen molar-refractivity contribution in [3.05, 3.63) is 59.2 Å². The number of methoxy groups -OCH3 is 1. The van der Waals surface area contributed by atoms with Gasteiger partial charge >= 0.3 is 0 Å². The van der Waals surface area contributed by atoms with Gasteiger partial charge in [0.25, 0.3) is 0 Å². The summed E-state index contributed by atoms with van der Waals surface area (Å²) in [5.74, 6) is 0.961. The second-order valence-corrected chi connectivity index (χ2v) is 7.61. The van der Waals surface area contributed by atoms with E-state index < -0.39 is 0 Å². The van der Waals surface area contributed by atoms with Gasteiger partial charge in [0.15, 0.2) is 0 Å². The van der Waals surface area contributed by atoms with E-state index in [1.54, 1.807) is 7.11 Å². The molecular formula is C23H31N3O2. The monoisotopic (exact) mass is 381 g/mol. The van der Waals surface area contributed by atoms with Gasteiger partial charge in [0, 0.05) is 31.9 Å². The van der Waals surface area contributed by atoms with Crippen molar-refractivity contribution in [2.45, 2.75) is 26.8 Å². The molecule has 1 fully saturated rings. The summed E-state index contributed by atoms with van der Waals surface area (Å²) in [7, 11) is 1.68. The molecule has 2 aromatic carbocycles. The highest BCUT2D eigenvalue weighted by Gasteiger charge is 2.20. The zero-order valence-electron chi connectivity index (χ0n) is 17.4. The molecule has 1 aliphatic rings. The lowest BCUT2D eigenvalue weighted by Crippen LogP contribution is -2.49. The zero-order chi connectivity index (χ0) is 20.1. The van der Waals surface area contributed by atoms with E-state index in [4.69, 9.17) is 4.74 Å². The van der Waals surface area contributed by atoms with Crippen molar-refractivity contribution in [3.63, 3.8) is 0 Å². The average Bonchev–Trinajstić information content (AvgIpc) is 2.70. The third-order valence-corrected chi connectivity index (χ3v) is 5.46. The number of nitrogens with zero attached hydrogens (tertiary/aromatic N) is 2. The van der Waals surface area contributed by atoms with Crippen molar-refractivity contribution < 1.29 is 9.53 Å². The van der Waals surface area contributed by atoms with Crippen molar-refractivity contribution in [2.75, 3.05) is 44.7 Å². The Kier molecular flexibility index (Phi) is 6.57. The number of hydrogen-bond donors (Lipinski definition) is 1. The number of amides is 1. The lowest BCUT2D eigenvalue weighted by Gasteiger charge is -2.36. The van der Waals surface area contributed by atoms with Gasteiger partial charge in [-0.2, -0.15) is 0 Å². The van der Waals surface area contributed by atoms with E-state index >= 15 is 0 Å². The predicted molar refractivity (Wildman–Crippen MR) is 114 cm³/mol. The van der Waals surface area contributed by atoms with Crippen molar-refractivity contribution in [1.82, 2.24) is 10.2 Å². The van der Waals surface area contributed by atoms with Crippen LogP contribution >= 0.6 is 0 Å². The number of nitrogens with one attached hydrogen (secondary N) is 1. The molecule has 1 amide bonds. The summed E-state index contributed by atoms with van der Waals surface area (Å²) in [6, 6.07) is 14.6. The third kappa shape index (κ3) is 5.04. The van der Waals surface area contributed by atoms with Gasteiger partial charge in [-0.1, -0.05) is 23.8 Å². The Balaban J connectivity index is 1.48. The molecule has 0 radical (unpaired) electrons. The van der Waals surface area contributed by atoms with Crippen LogP contribution in [0.5, 0.6) is 5.75 Å². The maximum atomic E-state index is 12.5. The van der Waals surface area contributed by atoms with E-state index in [0.717, 1.165) is 31.9 Å². The minimum absolute atomic E-state index is 0.0213. The van der Waals surface area contributed by atoms with Crippen molar-refractivity contribution in [1.29, 1.82) is 0 Å². The fourth-order valence-electron chi connectivity index (χ4n) is 3.75. The maximum Gasteiger partial charge on any atom is 0.234 e. The van der Waals surface area contributed by atoms with Crippen LogP contribution in [0, 0.1) is 13.8 Å². The second-order valence-electron chi connectivity index (χ2n) is 7.61. The van der Waals surface area contributed by atoms with Crippen LogP contribution in [-0.4, -0.2) is 50.6 Å². The number of carbonyl (C=O) groups excluding carboxylic acids is 1. The predicted octanol–water partition coefficient (Wildman–Crippen LogP) is 3.31. The molecule has 0 aliphatic carbocycles. The molecule has 0 bridgehead atoms. The van der Waals surface area contributed by atoms with E-state index in [1.165, 1.54) is 22.4 Å². The second kappa shape index (κ2) is 9.11. The number of carbonyl (C=O) groups is 1. The lowest BCUT2D eigenvalue weighted by molar-refractivity contribution is -0.123. The molecule has 3 rings (SSSR count). The fraction of sp³-hybridized carbons (Fsp3) is 0.435. The highest BCUT2D eigenvalue weighted by Crippen LogP contribution is 2.21. The number of benzene rings is 2. The molecule has 1 heterocycles. The van der Waals surface area contributed by atoms with Crippen LogP contribution in [0.3, 0.4) is 0 Å². The maximum absolute atomic E-state index is 12.5. The van der Waals surface area contributed by atoms with Crippen LogP contribution < -0.4 is 15.0 Å². The molecule has 28 heavy (non-hydrogen) atoms. The summed E-state index contributed by atoms with van der Waals surface area (Å²) in [4.78, 5) is 17.1. The lowest BCUT2D eigenvalue weighted by atomic mass is 10.00. The summed E-state index contributed by atoms with van der Waals surface area (Å²) in [5.41, 5.74) is 4.83. The first-order valence-corrected chi connectivity index (χ1v) is 9.94. The van der Waals surface area contributed by atoms with E-state index in [0.29, 0.717) is 6.54 Å². The molecule has 1 atom stereocenters. The first-order chi connectivity index (χ1) is 13.5. The molecule has 0 unspecified atom stereocenters. The topological polar surface area (TPSA) is 44.8 Å². The minimum Gasteiger partial charge on any atom is -0.497 e. The summed E-state index contributed by atoms with van der Waals surface area (Å²) in [6.07, 6.45) is 0.